The van der Waals surface area contributed by atoms with Crippen LogP contribution in [-0.4, -0.2) is 38.7 Å². The Morgan fingerprint density at radius 3 is 2.53 bits per heavy atom. The van der Waals surface area contributed by atoms with Crippen molar-refractivity contribution in [1.29, 1.82) is 0 Å². The van der Waals surface area contributed by atoms with Gasteiger partial charge in [0.2, 0.25) is 0 Å². The number of nitrogens with zero attached hydrogens (tertiary/aromatic N) is 3. The van der Waals surface area contributed by atoms with Crippen LogP contribution in [0.25, 0.3) is 5.52 Å². The second-order valence-electron chi connectivity index (χ2n) is 8.30. The molecule has 0 bridgehead atoms. The van der Waals surface area contributed by atoms with Gasteiger partial charge in [0.25, 0.3) is 11.8 Å². The summed E-state index contributed by atoms with van der Waals surface area (Å²) in [5.74, 6) is 0.904. The average Bonchev–Trinajstić information content (AvgIpc) is 3.38. The van der Waals surface area contributed by atoms with Gasteiger partial charge in [-0.05, 0) is 49.9 Å². The molecule has 1 aliphatic heterocycles. The minimum absolute atomic E-state index is 0.00483. The Labute approximate surface area is 176 Å². The number of nitrogens with one attached hydrogen (secondary N) is 1. The smallest absolute Gasteiger partial charge is 0.272 e. The highest BCUT2D eigenvalue weighted by atomic mass is 16.2. The number of amides is 2. The largest absolute Gasteiger partial charge is 0.348 e. The number of aromatic nitrogens is 2. The highest BCUT2D eigenvalue weighted by Crippen LogP contribution is 2.33. The van der Waals surface area contributed by atoms with Crippen LogP contribution < -0.4 is 5.32 Å². The number of hydrogen-bond donors (Lipinski definition) is 1. The van der Waals surface area contributed by atoms with Gasteiger partial charge in [-0.15, -0.1) is 0 Å². The van der Waals surface area contributed by atoms with Gasteiger partial charge in [-0.2, -0.15) is 0 Å². The molecule has 3 aromatic rings. The summed E-state index contributed by atoms with van der Waals surface area (Å²) in [6.07, 6.45) is 3.66. The first-order chi connectivity index (χ1) is 14.5. The highest BCUT2D eigenvalue weighted by Gasteiger charge is 2.34. The van der Waals surface area contributed by atoms with E-state index >= 15 is 0 Å². The van der Waals surface area contributed by atoms with Crippen molar-refractivity contribution in [3.8, 4) is 0 Å². The molecule has 0 unspecified atom stereocenters. The molecule has 2 aromatic heterocycles. The summed E-state index contributed by atoms with van der Waals surface area (Å²) in [7, 11) is 0. The number of likely N-dealkylation sites (tertiary alicyclic amines) is 1. The maximum absolute atomic E-state index is 13.1. The van der Waals surface area contributed by atoms with Crippen molar-refractivity contribution in [2.75, 3.05) is 6.54 Å². The molecule has 0 radical (unpaired) electrons. The number of pyridine rings is 1. The molecule has 1 fully saturated rings. The first-order valence-corrected chi connectivity index (χ1v) is 10.6. The molecule has 1 aromatic carbocycles. The Kier molecular flexibility index (Phi) is 5.57. The first kappa shape index (κ1) is 20.1. The predicted molar refractivity (Wildman–Crippen MR) is 116 cm³/mol. The summed E-state index contributed by atoms with van der Waals surface area (Å²) in [4.78, 5) is 32.8. The topological polar surface area (TPSA) is 66.7 Å². The van der Waals surface area contributed by atoms with Crippen LogP contribution in [0.1, 0.15) is 66.3 Å². The molecule has 1 saturated heterocycles. The number of rotatable bonds is 5. The van der Waals surface area contributed by atoms with E-state index in [2.05, 4.69) is 19.2 Å². The van der Waals surface area contributed by atoms with E-state index in [-0.39, 0.29) is 23.9 Å². The van der Waals surface area contributed by atoms with Crippen molar-refractivity contribution in [3.63, 3.8) is 0 Å². The van der Waals surface area contributed by atoms with E-state index in [1.54, 1.807) is 0 Å². The van der Waals surface area contributed by atoms with Crippen LogP contribution in [0.2, 0.25) is 0 Å². The van der Waals surface area contributed by atoms with E-state index < -0.39 is 0 Å². The predicted octanol–water partition coefficient (Wildman–Crippen LogP) is 4.09. The normalized spacial score (nSPS) is 17.5. The van der Waals surface area contributed by atoms with Gasteiger partial charge < -0.3 is 14.6 Å². The lowest BCUT2D eigenvalue weighted by molar-refractivity contribution is 0.0729. The van der Waals surface area contributed by atoms with E-state index in [1.807, 2.05) is 71.0 Å². The van der Waals surface area contributed by atoms with Gasteiger partial charge in [-0.25, -0.2) is 4.98 Å². The molecule has 0 aliphatic carbocycles. The molecule has 30 heavy (non-hydrogen) atoms. The number of benzene rings is 1. The molecule has 3 heterocycles. The molecule has 0 saturated carbocycles. The lowest BCUT2D eigenvalue weighted by Gasteiger charge is -2.24. The lowest BCUT2D eigenvalue weighted by Crippen LogP contribution is -2.36. The van der Waals surface area contributed by atoms with Crippen molar-refractivity contribution in [2.45, 2.75) is 45.7 Å². The van der Waals surface area contributed by atoms with Crippen LogP contribution in [0.15, 0.2) is 54.7 Å². The third-order valence-corrected chi connectivity index (χ3v) is 5.98. The average molecular weight is 405 g/mol. The molecule has 6 nitrogen and oxygen atoms in total. The molecule has 1 N–H and O–H groups in total. The lowest BCUT2D eigenvalue weighted by atomic mass is 10.1. The van der Waals surface area contributed by atoms with E-state index in [0.29, 0.717) is 23.7 Å². The van der Waals surface area contributed by atoms with Crippen molar-refractivity contribution in [3.05, 3.63) is 71.8 Å². The molecule has 2 amide bonds. The summed E-state index contributed by atoms with van der Waals surface area (Å²) in [5, 5.41) is 3.06. The highest BCUT2D eigenvalue weighted by molar-refractivity contribution is 5.99. The molecule has 2 atom stereocenters. The molecule has 6 heteroatoms. The summed E-state index contributed by atoms with van der Waals surface area (Å²) in [5.41, 5.74) is 1.85. The van der Waals surface area contributed by atoms with Crippen LogP contribution >= 0.6 is 0 Å². The third-order valence-electron chi connectivity index (χ3n) is 5.98. The van der Waals surface area contributed by atoms with E-state index in [1.165, 1.54) is 0 Å². The van der Waals surface area contributed by atoms with E-state index in [4.69, 9.17) is 4.98 Å². The summed E-state index contributed by atoms with van der Waals surface area (Å²) in [6, 6.07) is 15.0. The van der Waals surface area contributed by atoms with Crippen LogP contribution in [-0.2, 0) is 0 Å². The summed E-state index contributed by atoms with van der Waals surface area (Å²) in [6.45, 7) is 6.84. The molecular formula is C24H28N4O2. The fourth-order valence-electron chi connectivity index (χ4n) is 3.93. The number of carbonyl (C=O) groups is 2. The van der Waals surface area contributed by atoms with Gasteiger partial charge in [0.1, 0.15) is 5.82 Å². The van der Waals surface area contributed by atoms with Crippen LogP contribution in [0.4, 0.5) is 0 Å². The zero-order valence-corrected chi connectivity index (χ0v) is 17.7. The van der Waals surface area contributed by atoms with Gasteiger partial charge in [-0.1, -0.05) is 38.1 Å². The zero-order valence-electron chi connectivity index (χ0n) is 17.7. The van der Waals surface area contributed by atoms with E-state index in [9.17, 15) is 9.59 Å². The molecule has 156 valence electrons. The Morgan fingerprint density at radius 2 is 1.80 bits per heavy atom. The van der Waals surface area contributed by atoms with Gasteiger partial charge in [0.05, 0.1) is 11.6 Å². The van der Waals surface area contributed by atoms with Gasteiger partial charge in [-0.3, -0.25) is 9.59 Å². The summed E-state index contributed by atoms with van der Waals surface area (Å²) < 4.78 is 1.95. The number of fused-ring (bicyclic) bond motifs is 1. The van der Waals surface area contributed by atoms with Gasteiger partial charge in [0.15, 0.2) is 5.69 Å². The minimum atomic E-state index is -0.176. The number of hydrogen-bond acceptors (Lipinski definition) is 3. The molecule has 4 rings (SSSR count). The molecule has 1 aliphatic rings. The number of imidazole rings is 1. The van der Waals surface area contributed by atoms with Crippen molar-refractivity contribution in [1.82, 2.24) is 19.6 Å². The minimum Gasteiger partial charge on any atom is -0.348 e. The second-order valence-corrected chi connectivity index (χ2v) is 8.30. The fraction of sp³-hybridized carbons (Fsp3) is 0.375. The van der Waals surface area contributed by atoms with Crippen molar-refractivity contribution < 1.29 is 9.59 Å². The summed E-state index contributed by atoms with van der Waals surface area (Å²) >= 11 is 0. The van der Waals surface area contributed by atoms with Crippen molar-refractivity contribution >= 4 is 17.3 Å². The monoisotopic (exact) mass is 404 g/mol. The van der Waals surface area contributed by atoms with E-state index in [0.717, 1.165) is 24.2 Å². The third kappa shape index (κ3) is 3.70. The Bertz CT molecular complexity index is 1060. The van der Waals surface area contributed by atoms with Crippen LogP contribution in [0.3, 0.4) is 0 Å². The van der Waals surface area contributed by atoms with Crippen LogP contribution in [0, 0.1) is 5.92 Å². The maximum Gasteiger partial charge on any atom is 0.272 e. The number of carbonyl (C=O) groups excluding carboxylic acids is 2. The molecular weight excluding hydrogens is 376 g/mol. The second kappa shape index (κ2) is 8.30. The first-order valence-electron chi connectivity index (χ1n) is 10.6. The van der Waals surface area contributed by atoms with Gasteiger partial charge in [0, 0.05) is 24.3 Å². The zero-order chi connectivity index (χ0) is 21.3. The standard InChI is InChI=1S/C24H28N4O2/c1-16(2)17(3)25-23(29)21-19-12-7-8-14-27(19)22(26-21)20-13-9-15-28(20)24(30)18-10-5-4-6-11-18/h4-8,10-12,14,16-17,20H,9,13,15H2,1-3H3,(H,25,29)/t17-,20-/m0/s1. The van der Waals surface area contributed by atoms with Crippen LogP contribution in [0.5, 0.6) is 0 Å². The van der Waals surface area contributed by atoms with Gasteiger partial charge >= 0.3 is 0 Å². The maximum atomic E-state index is 13.1. The molecule has 0 spiro atoms. The Hall–Kier alpha value is -3.15. The fourth-order valence-corrected chi connectivity index (χ4v) is 3.93. The quantitative estimate of drug-likeness (QED) is 0.697. The Balaban J connectivity index is 1.70. The van der Waals surface area contributed by atoms with Crippen molar-refractivity contribution in [2.24, 2.45) is 5.92 Å². The SMILES string of the molecule is CC(C)[C@H](C)NC(=O)c1nc([C@@H]2CCCN2C(=O)c2ccccc2)n2ccccc12. The Morgan fingerprint density at radius 1 is 1.07 bits per heavy atom.